The number of fused-ring (bicyclic) bond motifs is 4. The second-order valence-corrected chi connectivity index (χ2v) is 8.31. The normalized spacial score (nSPS) is 29.6. The number of carbonyl (C=O) groups is 1. The number of benzene rings is 2. The third-order valence-corrected chi connectivity index (χ3v) is 6.67. The topological polar surface area (TPSA) is 101 Å². The Balaban J connectivity index is 1.76. The summed E-state index contributed by atoms with van der Waals surface area (Å²) in [5.41, 5.74) is 7.24. The fraction of sp³-hybridized carbons (Fsp3) is 0.348. The lowest BCUT2D eigenvalue weighted by atomic mass is 9.61. The largest absolute Gasteiger partial charge is 0.489 e. The molecule has 1 amide bonds. The van der Waals surface area contributed by atoms with E-state index in [1.54, 1.807) is 13.1 Å². The van der Waals surface area contributed by atoms with E-state index in [0.29, 0.717) is 36.5 Å². The maximum Gasteiger partial charge on any atom is 0.262 e. The summed E-state index contributed by atoms with van der Waals surface area (Å²) in [5, 5.41) is 9.26. The van der Waals surface area contributed by atoms with Crippen LogP contribution in [0.5, 0.6) is 5.75 Å². The van der Waals surface area contributed by atoms with E-state index in [-0.39, 0.29) is 18.0 Å². The van der Waals surface area contributed by atoms with E-state index in [9.17, 15) is 10.1 Å². The van der Waals surface area contributed by atoms with E-state index < -0.39 is 11.0 Å². The number of carbonyl (C=O) groups excluding carboxylic acids is 1. The van der Waals surface area contributed by atoms with Crippen molar-refractivity contribution in [3.63, 3.8) is 0 Å². The van der Waals surface area contributed by atoms with Crippen LogP contribution in [0.2, 0.25) is 0 Å². The number of guanidine groups is 1. The van der Waals surface area contributed by atoms with Gasteiger partial charge in [-0.15, -0.1) is 0 Å². The van der Waals surface area contributed by atoms with E-state index in [4.69, 9.17) is 20.2 Å². The number of ether oxygens (including phenoxy) is 2. The first-order valence-electron chi connectivity index (χ1n) is 9.94. The van der Waals surface area contributed by atoms with Gasteiger partial charge < -0.3 is 15.2 Å². The first-order valence-corrected chi connectivity index (χ1v) is 9.94. The molecule has 2 aromatic rings. The zero-order chi connectivity index (χ0) is 21.1. The standard InChI is InChI=1S/C23H22N4O3/c1-22-13-29-9-8-19(22)30-18-7-6-16(15-5-3-4-14(10-15)12-24)11-17(18)23(22)20(28)27(2)21(25)26-23/h3-7,10-11,19H,8-9,13H2,1-2H3,(H2,25,26)/t19-,22?,23+/m0/s1. The average molecular weight is 402 g/mol. The minimum absolute atomic E-state index is 0.175. The van der Waals surface area contributed by atoms with Gasteiger partial charge in [-0.25, -0.2) is 4.99 Å². The molecule has 1 spiro atoms. The van der Waals surface area contributed by atoms with Crippen LogP contribution in [-0.2, 0) is 15.1 Å². The highest BCUT2D eigenvalue weighted by Crippen LogP contribution is 2.58. The predicted octanol–water partition coefficient (Wildman–Crippen LogP) is 2.39. The number of hydrogen-bond donors (Lipinski definition) is 1. The van der Waals surface area contributed by atoms with E-state index in [2.05, 4.69) is 6.07 Å². The third kappa shape index (κ3) is 2.28. The number of nitrogens with two attached hydrogens (primary N) is 1. The Morgan fingerprint density at radius 3 is 2.80 bits per heavy atom. The van der Waals surface area contributed by atoms with Crippen LogP contribution >= 0.6 is 0 Å². The van der Waals surface area contributed by atoms with Crippen LogP contribution in [-0.4, -0.2) is 43.1 Å². The van der Waals surface area contributed by atoms with E-state index in [1.807, 2.05) is 43.3 Å². The quantitative estimate of drug-likeness (QED) is 0.789. The fourth-order valence-corrected chi connectivity index (χ4v) is 4.93. The maximum absolute atomic E-state index is 13.6. The first-order chi connectivity index (χ1) is 14.4. The van der Waals surface area contributed by atoms with Crippen molar-refractivity contribution in [2.24, 2.45) is 16.1 Å². The zero-order valence-corrected chi connectivity index (χ0v) is 16.9. The van der Waals surface area contributed by atoms with Gasteiger partial charge in [0.2, 0.25) is 0 Å². The molecule has 0 radical (unpaired) electrons. The summed E-state index contributed by atoms with van der Waals surface area (Å²) in [4.78, 5) is 19.8. The molecule has 7 heteroatoms. The van der Waals surface area contributed by atoms with Crippen LogP contribution in [0.4, 0.5) is 0 Å². The second-order valence-electron chi connectivity index (χ2n) is 8.31. The number of nitriles is 1. The lowest BCUT2D eigenvalue weighted by molar-refractivity contribution is -0.159. The van der Waals surface area contributed by atoms with E-state index in [1.165, 1.54) is 4.90 Å². The van der Waals surface area contributed by atoms with Gasteiger partial charge in [-0.1, -0.05) is 25.1 Å². The van der Waals surface area contributed by atoms with Crippen molar-refractivity contribution in [3.05, 3.63) is 53.6 Å². The molecule has 0 aliphatic carbocycles. The van der Waals surface area contributed by atoms with Crippen LogP contribution in [0.1, 0.15) is 24.5 Å². The van der Waals surface area contributed by atoms with Crippen LogP contribution < -0.4 is 10.5 Å². The van der Waals surface area contributed by atoms with Crippen molar-refractivity contribution in [2.45, 2.75) is 25.0 Å². The summed E-state index contributed by atoms with van der Waals surface area (Å²) < 4.78 is 12.2. The Morgan fingerprint density at radius 2 is 2.07 bits per heavy atom. The molecular weight excluding hydrogens is 380 g/mol. The van der Waals surface area contributed by atoms with Gasteiger partial charge in [0.1, 0.15) is 11.9 Å². The molecule has 152 valence electrons. The molecule has 0 aromatic heterocycles. The number of likely N-dealkylation sites (N-methyl/N-ethyl adjacent to an activating group) is 1. The summed E-state index contributed by atoms with van der Waals surface area (Å²) in [6.45, 7) is 2.92. The third-order valence-electron chi connectivity index (χ3n) is 6.67. The van der Waals surface area contributed by atoms with Gasteiger partial charge in [-0.05, 0) is 35.4 Å². The summed E-state index contributed by atoms with van der Waals surface area (Å²) in [6, 6.07) is 15.3. The van der Waals surface area contributed by atoms with Crippen molar-refractivity contribution in [1.29, 1.82) is 5.26 Å². The Kier molecular flexibility index (Phi) is 3.92. The summed E-state index contributed by atoms with van der Waals surface area (Å²) in [5.74, 6) is 0.653. The van der Waals surface area contributed by atoms with Crippen LogP contribution in [0.25, 0.3) is 11.1 Å². The van der Waals surface area contributed by atoms with Crippen LogP contribution in [0.15, 0.2) is 47.5 Å². The van der Waals surface area contributed by atoms with Gasteiger partial charge in [0.25, 0.3) is 5.91 Å². The highest BCUT2D eigenvalue weighted by atomic mass is 16.5. The highest BCUT2D eigenvalue weighted by molar-refractivity contribution is 6.08. The van der Waals surface area contributed by atoms with Gasteiger partial charge in [0.05, 0.1) is 30.3 Å². The van der Waals surface area contributed by atoms with E-state index >= 15 is 0 Å². The van der Waals surface area contributed by atoms with Crippen molar-refractivity contribution < 1.29 is 14.3 Å². The Labute approximate surface area is 174 Å². The molecule has 1 fully saturated rings. The number of hydrogen-bond acceptors (Lipinski definition) is 6. The number of amides is 1. The number of aliphatic imine (C=N–C) groups is 1. The molecule has 1 unspecified atom stereocenters. The second kappa shape index (κ2) is 6.31. The smallest absolute Gasteiger partial charge is 0.262 e. The maximum atomic E-state index is 13.6. The summed E-state index contributed by atoms with van der Waals surface area (Å²) in [6.07, 6.45) is 0.467. The molecule has 0 saturated carbocycles. The predicted molar refractivity (Wildman–Crippen MR) is 111 cm³/mol. The summed E-state index contributed by atoms with van der Waals surface area (Å²) in [7, 11) is 1.65. The fourth-order valence-electron chi connectivity index (χ4n) is 4.93. The number of rotatable bonds is 1. The van der Waals surface area contributed by atoms with Crippen LogP contribution in [0.3, 0.4) is 0 Å². The van der Waals surface area contributed by atoms with Crippen molar-refractivity contribution in [1.82, 2.24) is 4.90 Å². The first kappa shape index (κ1) is 18.6. The summed E-state index contributed by atoms with van der Waals surface area (Å²) >= 11 is 0. The molecule has 3 aliphatic heterocycles. The molecule has 2 N–H and O–H groups in total. The van der Waals surface area contributed by atoms with Gasteiger partial charge in [0.15, 0.2) is 11.5 Å². The molecule has 5 rings (SSSR count). The van der Waals surface area contributed by atoms with Gasteiger partial charge in [-0.2, -0.15) is 5.26 Å². The van der Waals surface area contributed by atoms with Gasteiger partial charge >= 0.3 is 0 Å². The Hall–Kier alpha value is -3.37. The molecule has 2 aromatic carbocycles. The van der Waals surface area contributed by atoms with Crippen LogP contribution in [0, 0.1) is 16.7 Å². The van der Waals surface area contributed by atoms with Gasteiger partial charge in [-0.3, -0.25) is 9.69 Å². The molecule has 30 heavy (non-hydrogen) atoms. The lowest BCUT2D eigenvalue weighted by Gasteiger charge is -2.53. The van der Waals surface area contributed by atoms with Gasteiger partial charge in [0, 0.05) is 19.0 Å². The average Bonchev–Trinajstić information content (AvgIpc) is 3.00. The van der Waals surface area contributed by atoms with E-state index in [0.717, 1.165) is 11.1 Å². The Morgan fingerprint density at radius 1 is 1.27 bits per heavy atom. The SMILES string of the molecule is CN1C(=O)[C@]2(N=C1N)c1cc(-c3cccc(C#N)c3)ccc1O[C@H]1CCOCC12C. The molecule has 3 heterocycles. The zero-order valence-electron chi connectivity index (χ0n) is 16.9. The monoisotopic (exact) mass is 402 g/mol. The molecule has 0 bridgehead atoms. The molecule has 3 aliphatic rings. The Bertz CT molecular complexity index is 1140. The highest BCUT2D eigenvalue weighted by Gasteiger charge is 2.67. The molecule has 3 atom stereocenters. The minimum atomic E-state index is -1.21. The molecule has 1 saturated heterocycles. The molecule has 7 nitrogen and oxygen atoms in total. The van der Waals surface area contributed by atoms with Crippen molar-refractivity contribution in [2.75, 3.05) is 20.3 Å². The number of nitrogens with zero attached hydrogens (tertiary/aromatic N) is 3. The lowest BCUT2D eigenvalue weighted by Crippen LogP contribution is -2.63. The molecular formula is C23H22N4O3. The van der Waals surface area contributed by atoms with Crippen molar-refractivity contribution >= 4 is 11.9 Å². The van der Waals surface area contributed by atoms with Crippen molar-refractivity contribution in [3.8, 4) is 22.9 Å². The minimum Gasteiger partial charge on any atom is -0.489 e.